The van der Waals surface area contributed by atoms with E-state index in [1.165, 1.54) is 16.7 Å². The zero-order valence-corrected chi connectivity index (χ0v) is 13.3. The molecule has 4 rings (SSSR count). The molecule has 116 valence electrons. The minimum absolute atomic E-state index is 0.00981. The topological polar surface area (TPSA) is 34.0 Å². The SMILES string of the molecule is Cc1ccc2c(ccc(=O)n2NC2CCCc3ccccc32)c1. The van der Waals surface area contributed by atoms with Crippen LogP contribution in [0.25, 0.3) is 10.9 Å². The van der Waals surface area contributed by atoms with E-state index in [0.29, 0.717) is 0 Å². The molecule has 1 aliphatic rings. The Labute approximate surface area is 135 Å². The summed E-state index contributed by atoms with van der Waals surface area (Å²) in [5.74, 6) is 0. The average Bonchev–Trinajstić information content (AvgIpc) is 2.57. The van der Waals surface area contributed by atoms with Gasteiger partial charge in [-0.1, -0.05) is 35.9 Å². The van der Waals surface area contributed by atoms with Gasteiger partial charge in [-0.2, -0.15) is 0 Å². The fraction of sp³-hybridized carbons (Fsp3) is 0.250. The van der Waals surface area contributed by atoms with Crippen LogP contribution in [-0.4, -0.2) is 4.68 Å². The maximum Gasteiger partial charge on any atom is 0.269 e. The lowest BCUT2D eigenvalue weighted by molar-refractivity contribution is 0.555. The molecule has 0 bridgehead atoms. The Morgan fingerprint density at radius 1 is 1.09 bits per heavy atom. The smallest absolute Gasteiger partial charge is 0.269 e. The molecule has 23 heavy (non-hydrogen) atoms. The number of aryl methyl sites for hydroxylation is 2. The van der Waals surface area contributed by atoms with E-state index in [1.807, 2.05) is 12.1 Å². The molecule has 0 saturated carbocycles. The van der Waals surface area contributed by atoms with Crippen LogP contribution < -0.4 is 11.0 Å². The van der Waals surface area contributed by atoms with E-state index in [-0.39, 0.29) is 11.6 Å². The van der Waals surface area contributed by atoms with Crippen LogP contribution in [0.1, 0.15) is 35.6 Å². The molecule has 0 spiro atoms. The average molecular weight is 304 g/mol. The summed E-state index contributed by atoms with van der Waals surface area (Å²) >= 11 is 0. The third-order valence-electron chi connectivity index (χ3n) is 4.70. The number of aromatic nitrogens is 1. The summed E-state index contributed by atoms with van der Waals surface area (Å²) in [5, 5.41) is 1.08. The lowest BCUT2D eigenvalue weighted by atomic mass is 9.88. The lowest BCUT2D eigenvalue weighted by Gasteiger charge is -2.28. The van der Waals surface area contributed by atoms with E-state index in [4.69, 9.17) is 0 Å². The Hall–Kier alpha value is -2.55. The number of hydrogen-bond donors (Lipinski definition) is 1. The van der Waals surface area contributed by atoms with Crippen LogP contribution >= 0.6 is 0 Å². The molecule has 3 aromatic rings. The molecule has 0 amide bonds. The van der Waals surface area contributed by atoms with Crippen LogP contribution in [0.5, 0.6) is 0 Å². The van der Waals surface area contributed by atoms with E-state index >= 15 is 0 Å². The molecule has 0 aliphatic heterocycles. The van der Waals surface area contributed by atoms with Gasteiger partial charge >= 0.3 is 0 Å². The molecular formula is C20H20N2O. The van der Waals surface area contributed by atoms with Gasteiger partial charge < -0.3 is 5.43 Å². The van der Waals surface area contributed by atoms with Crippen molar-refractivity contribution in [1.82, 2.24) is 4.68 Å². The number of nitrogens with zero attached hydrogens (tertiary/aromatic N) is 1. The van der Waals surface area contributed by atoms with Crippen molar-refractivity contribution in [1.29, 1.82) is 0 Å². The Morgan fingerprint density at radius 2 is 1.96 bits per heavy atom. The van der Waals surface area contributed by atoms with Crippen LogP contribution in [0, 0.1) is 6.92 Å². The van der Waals surface area contributed by atoms with Gasteiger partial charge in [-0.25, -0.2) is 4.68 Å². The molecule has 1 heterocycles. The molecule has 0 radical (unpaired) electrons. The van der Waals surface area contributed by atoms with Crippen molar-refractivity contribution in [3.05, 3.63) is 81.6 Å². The highest BCUT2D eigenvalue weighted by Gasteiger charge is 2.20. The number of hydrogen-bond acceptors (Lipinski definition) is 2. The monoisotopic (exact) mass is 304 g/mol. The van der Waals surface area contributed by atoms with Gasteiger partial charge in [0.1, 0.15) is 0 Å². The Morgan fingerprint density at radius 3 is 2.87 bits per heavy atom. The van der Waals surface area contributed by atoms with Crippen LogP contribution in [0.4, 0.5) is 0 Å². The molecule has 0 saturated heterocycles. The first kappa shape index (κ1) is 14.1. The lowest BCUT2D eigenvalue weighted by Crippen LogP contribution is -2.33. The van der Waals surface area contributed by atoms with E-state index in [9.17, 15) is 4.79 Å². The fourth-order valence-electron chi connectivity index (χ4n) is 3.54. The van der Waals surface area contributed by atoms with Crippen molar-refractivity contribution in [2.24, 2.45) is 0 Å². The normalized spacial score (nSPS) is 17.0. The quantitative estimate of drug-likeness (QED) is 0.778. The Bertz CT molecular complexity index is 926. The van der Waals surface area contributed by atoms with Gasteiger partial charge in [-0.05, 0) is 55.5 Å². The van der Waals surface area contributed by atoms with Gasteiger partial charge in [0.2, 0.25) is 0 Å². The molecule has 3 nitrogen and oxygen atoms in total. The second-order valence-electron chi connectivity index (χ2n) is 6.34. The third kappa shape index (κ3) is 2.52. The largest absolute Gasteiger partial charge is 0.315 e. The fourth-order valence-corrected chi connectivity index (χ4v) is 3.54. The highest BCUT2D eigenvalue weighted by atomic mass is 16.1. The Balaban J connectivity index is 1.80. The van der Waals surface area contributed by atoms with E-state index in [0.717, 1.165) is 30.2 Å². The summed E-state index contributed by atoms with van der Waals surface area (Å²) < 4.78 is 1.71. The zero-order valence-electron chi connectivity index (χ0n) is 13.3. The standard InChI is InChI=1S/C20H20N2O/c1-14-9-11-19-16(13-14)10-12-20(23)22(19)21-18-8-4-6-15-5-2-3-7-17(15)18/h2-3,5,7,9-13,18,21H,4,6,8H2,1H3. The van der Waals surface area contributed by atoms with Crippen molar-refractivity contribution in [2.45, 2.75) is 32.2 Å². The molecular weight excluding hydrogens is 284 g/mol. The summed E-state index contributed by atoms with van der Waals surface area (Å²) in [6.45, 7) is 2.07. The van der Waals surface area contributed by atoms with Crippen LogP contribution in [0.15, 0.2) is 59.4 Å². The highest BCUT2D eigenvalue weighted by Crippen LogP contribution is 2.30. The first-order valence-corrected chi connectivity index (χ1v) is 8.19. The van der Waals surface area contributed by atoms with Gasteiger partial charge in [0, 0.05) is 11.5 Å². The molecule has 1 atom stereocenters. The van der Waals surface area contributed by atoms with Crippen LogP contribution in [-0.2, 0) is 6.42 Å². The second kappa shape index (κ2) is 5.58. The molecule has 0 fully saturated rings. The zero-order chi connectivity index (χ0) is 15.8. The molecule has 2 aromatic carbocycles. The van der Waals surface area contributed by atoms with Crippen molar-refractivity contribution in [2.75, 3.05) is 5.43 Å². The van der Waals surface area contributed by atoms with Gasteiger partial charge in [0.05, 0.1) is 11.6 Å². The van der Waals surface area contributed by atoms with E-state index < -0.39 is 0 Å². The van der Waals surface area contributed by atoms with Gasteiger partial charge in [0.15, 0.2) is 0 Å². The third-order valence-corrected chi connectivity index (χ3v) is 4.70. The number of pyridine rings is 1. The highest BCUT2D eigenvalue weighted by molar-refractivity contribution is 5.79. The first-order valence-electron chi connectivity index (χ1n) is 8.19. The summed E-state index contributed by atoms with van der Waals surface area (Å²) in [6.07, 6.45) is 3.32. The molecule has 3 heteroatoms. The van der Waals surface area contributed by atoms with Crippen molar-refractivity contribution >= 4 is 10.9 Å². The summed E-state index contributed by atoms with van der Waals surface area (Å²) in [6, 6.07) is 18.4. The minimum atomic E-state index is -0.00981. The molecule has 1 aromatic heterocycles. The van der Waals surface area contributed by atoms with Crippen LogP contribution in [0.2, 0.25) is 0 Å². The summed E-state index contributed by atoms with van der Waals surface area (Å²) in [5.41, 5.74) is 8.30. The molecule has 1 N–H and O–H groups in total. The maximum absolute atomic E-state index is 12.4. The summed E-state index contributed by atoms with van der Waals surface area (Å²) in [4.78, 5) is 12.4. The number of rotatable bonds is 2. The van der Waals surface area contributed by atoms with Crippen molar-refractivity contribution in [3.8, 4) is 0 Å². The van der Waals surface area contributed by atoms with Crippen LogP contribution in [0.3, 0.4) is 0 Å². The van der Waals surface area contributed by atoms with Gasteiger partial charge in [-0.3, -0.25) is 4.79 Å². The number of fused-ring (bicyclic) bond motifs is 2. The maximum atomic E-state index is 12.4. The molecule has 1 unspecified atom stereocenters. The Kier molecular flexibility index (Phi) is 3.41. The van der Waals surface area contributed by atoms with Gasteiger partial charge in [-0.15, -0.1) is 0 Å². The van der Waals surface area contributed by atoms with E-state index in [1.54, 1.807) is 10.7 Å². The van der Waals surface area contributed by atoms with E-state index in [2.05, 4.69) is 48.7 Å². The van der Waals surface area contributed by atoms with Crippen molar-refractivity contribution < 1.29 is 0 Å². The predicted molar refractivity (Wildman–Crippen MR) is 94.4 cm³/mol. The predicted octanol–water partition coefficient (Wildman–Crippen LogP) is 3.93. The number of benzene rings is 2. The summed E-state index contributed by atoms with van der Waals surface area (Å²) in [7, 11) is 0. The number of nitrogens with one attached hydrogen (secondary N) is 1. The van der Waals surface area contributed by atoms with Crippen molar-refractivity contribution in [3.63, 3.8) is 0 Å². The minimum Gasteiger partial charge on any atom is -0.315 e. The molecule has 1 aliphatic carbocycles. The van der Waals surface area contributed by atoms with Gasteiger partial charge in [0.25, 0.3) is 5.56 Å². The first-order chi connectivity index (χ1) is 11.2. The second-order valence-corrected chi connectivity index (χ2v) is 6.34.